The van der Waals surface area contributed by atoms with Crippen LogP contribution in [0.25, 0.3) is 0 Å². The van der Waals surface area contributed by atoms with Crippen molar-refractivity contribution in [1.29, 1.82) is 0 Å². The van der Waals surface area contributed by atoms with Crippen LogP contribution in [0, 0.1) is 17.3 Å². The Morgan fingerprint density at radius 2 is 1.77 bits per heavy atom. The number of hydrogen-bond acceptors (Lipinski definition) is 4. The lowest BCUT2D eigenvalue weighted by molar-refractivity contribution is -0.148. The van der Waals surface area contributed by atoms with E-state index < -0.39 is 23.2 Å². The summed E-state index contributed by atoms with van der Waals surface area (Å²) < 4.78 is 5.82. The molecule has 186 valence electrons. The summed E-state index contributed by atoms with van der Waals surface area (Å²) in [5.74, 6) is -1.04. The molecule has 2 heterocycles. The number of para-hydroxylation sites is 1. The fraction of sp³-hybridized carbons (Fsp3) is 0.464. The molecule has 2 fully saturated rings. The van der Waals surface area contributed by atoms with E-state index in [-0.39, 0.29) is 17.7 Å². The highest BCUT2D eigenvalue weighted by Crippen LogP contribution is 2.49. The van der Waals surface area contributed by atoms with Crippen molar-refractivity contribution in [3.8, 4) is 5.75 Å². The highest BCUT2D eigenvalue weighted by Gasteiger charge is 2.56. The first kappa shape index (κ1) is 24.8. The standard InChI is InChI=1S/C28H35N3O4/c1-20(25(29)32)23(14-17-35-22-12-7-4-8-13-22)26(33)31-16-9-15-28(19-31)24(18-30(2)27(28)34)21-10-5-3-6-11-21/h3-8,10-13,20,23-24H,9,14-19H2,1-2H3,(H2,29,32)/t20?,23-,24+,28+/m1/s1. The van der Waals surface area contributed by atoms with Gasteiger partial charge < -0.3 is 20.3 Å². The van der Waals surface area contributed by atoms with E-state index in [4.69, 9.17) is 10.5 Å². The summed E-state index contributed by atoms with van der Waals surface area (Å²) in [5, 5.41) is 0. The average Bonchev–Trinajstić information content (AvgIpc) is 3.11. The summed E-state index contributed by atoms with van der Waals surface area (Å²) in [6, 6.07) is 19.5. The molecule has 2 N–H and O–H groups in total. The normalized spacial score (nSPS) is 23.8. The van der Waals surface area contributed by atoms with E-state index in [1.165, 1.54) is 0 Å². The van der Waals surface area contributed by atoms with E-state index in [1.54, 1.807) is 16.7 Å². The van der Waals surface area contributed by atoms with Crippen molar-refractivity contribution >= 4 is 17.7 Å². The van der Waals surface area contributed by atoms with E-state index in [1.807, 2.05) is 55.6 Å². The Balaban J connectivity index is 1.54. The van der Waals surface area contributed by atoms with Gasteiger partial charge in [-0.1, -0.05) is 55.5 Å². The van der Waals surface area contributed by atoms with Crippen LogP contribution in [0.5, 0.6) is 5.75 Å². The minimum absolute atomic E-state index is 0.0187. The third-order valence-corrected chi connectivity index (χ3v) is 7.74. The van der Waals surface area contributed by atoms with Crippen molar-refractivity contribution in [2.24, 2.45) is 23.0 Å². The van der Waals surface area contributed by atoms with Crippen LogP contribution in [0.4, 0.5) is 0 Å². The first-order valence-electron chi connectivity index (χ1n) is 12.4. The number of primary amides is 1. The molecular weight excluding hydrogens is 442 g/mol. The smallest absolute Gasteiger partial charge is 0.231 e. The maximum atomic E-state index is 13.8. The van der Waals surface area contributed by atoms with Gasteiger partial charge in [-0.15, -0.1) is 0 Å². The largest absolute Gasteiger partial charge is 0.494 e. The van der Waals surface area contributed by atoms with Gasteiger partial charge in [-0.2, -0.15) is 0 Å². The summed E-state index contributed by atoms with van der Waals surface area (Å²) in [6.07, 6.45) is 1.86. The number of nitrogens with two attached hydrogens (primary N) is 1. The predicted octanol–water partition coefficient (Wildman–Crippen LogP) is 3.06. The van der Waals surface area contributed by atoms with Crippen LogP contribution < -0.4 is 10.5 Å². The predicted molar refractivity (Wildman–Crippen MR) is 133 cm³/mol. The number of carbonyl (C=O) groups is 3. The van der Waals surface area contributed by atoms with Gasteiger partial charge in [-0.05, 0) is 37.0 Å². The summed E-state index contributed by atoms with van der Waals surface area (Å²) in [7, 11) is 1.84. The van der Waals surface area contributed by atoms with Crippen molar-refractivity contribution in [1.82, 2.24) is 9.80 Å². The van der Waals surface area contributed by atoms with Gasteiger partial charge in [0.05, 0.1) is 17.9 Å². The fourth-order valence-electron chi connectivity index (χ4n) is 5.74. The molecule has 2 aliphatic rings. The Hall–Kier alpha value is -3.35. The van der Waals surface area contributed by atoms with Gasteiger partial charge >= 0.3 is 0 Å². The third-order valence-electron chi connectivity index (χ3n) is 7.74. The minimum Gasteiger partial charge on any atom is -0.494 e. The van der Waals surface area contributed by atoms with E-state index in [2.05, 4.69) is 12.1 Å². The molecule has 35 heavy (non-hydrogen) atoms. The van der Waals surface area contributed by atoms with Gasteiger partial charge in [0.1, 0.15) is 5.75 Å². The number of likely N-dealkylation sites (tertiary alicyclic amines) is 2. The molecule has 0 aromatic heterocycles. The van der Waals surface area contributed by atoms with Crippen molar-refractivity contribution in [3.63, 3.8) is 0 Å². The second-order valence-corrected chi connectivity index (χ2v) is 9.92. The first-order valence-corrected chi connectivity index (χ1v) is 12.4. The number of nitrogens with zero attached hydrogens (tertiary/aromatic N) is 2. The highest BCUT2D eigenvalue weighted by molar-refractivity contribution is 5.90. The Kier molecular flexibility index (Phi) is 7.43. The van der Waals surface area contributed by atoms with Crippen molar-refractivity contribution < 1.29 is 19.1 Å². The van der Waals surface area contributed by atoms with Gasteiger partial charge in [-0.25, -0.2) is 0 Å². The maximum absolute atomic E-state index is 13.8. The van der Waals surface area contributed by atoms with Crippen molar-refractivity contribution in [2.75, 3.05) is 33.3 Å². The number of amides is 3. The van der Waals surface area contributed by atoms with Crippen LogP contribution in [-0.4, -0.2) is 60.8 Å². The zero-order valence-corrected chi connectivity index (χ0v) is 20.6. The van der Waals surface area contributed by atoms with Gasteiger partial charge in [0.25, 0.3) is 0 Å². The number of benzene rings is 2. The van der Waals surface area contributed by atoms with Crippen LogP contribution in [0.3, 0.4) is 0 Å². The van der Waals surface area contributed by atoms with Crippen LogP contribution >= 0.6 is 0 Å². The lowest BCUT2D eigenvalue weighted by Gasteiger charge is -2.43. The van der Waals surface area contributed by atoms with Crippen LogP contribution in [0.2, 0.25) is 0 Å². The Bertz CT molecular complexity index is 1040. The number of rotatable bonds is 8. The summed E-state index contributed by atoms with van der Waals surface area (Å²) >= 11 is 0. The number of likely N-dealkylation sites (N-methyl/N-ethyl adjacent to an activating group) is 1. The Labute approximate surface area is 207 Å². The van der Waals surface area contributed by atoms with Crippen molar-refractivity contribution in [3.05, 3.63) is 66.2 Å². The van der Waals surface area contributed by atoms with Gasteiger partial charge in [-0.3, -0.25) is 14.4 Å². The van der Waals surface area contributed by atoms with E-state index in [9.17, 15) is 14.4 Å². The molecule has 1 unspecified atom stereocenters. The molecule has 2 aromatic rings. The maximum Gasteiger partial charge on any atom is 0.231 e. The molecule has 7 nitrogen and oxygen atoms in total. The molecule has 4 atom stereocenters. The zero-order chi connectivity index (χ0) is 25.0. The molecule has 7 heteroatoms. The Morgan fingerprint density at radius 3 is 2.43 bits per heavy atom. The quantitative estimate of drug-likeness (QED) is 0.632. The van der Waals surface area contributed by atoms with E-state index >= 15 is 0 Å². The molecular formula is C28H35N3O4. The van der Waals surface area contributed by atoms with Gasteiger partial charge in [0.15, 0.2) is 0 Å². The van der Waals surface area contributed by atoms with E-state index in [0.29, 0.717) is 38.4 Å². The topological polar surface area (TPSA) is 92.9 Å². The number of ether oxygens (including phenoxy) is 1. The van der Waals surface area contributed by atoms with Crippen LogP contribution in [0.1, 0.15) is 37.7 Å². The molecule has 2 aromatic carbocycles. The van der Waals surface area contributed by atoms with Crippen LogP contribution in [0.15, 0.2) is 60.7 Å². The molecule has 0 radical (unpaired) electrons. The molecule has 2 aliphatic heterocycles. The first-order chi connectivity index (χ1) is 16.8. The number of carbonyl (C=O) groups excluding carboxylic acids is 3. The average molecular weight is 478 g/mol. The van der Waals surface area contributed by atoms with E-state index in [0.717, 1.165) is 18.4 Å². The van der Waals surface area contributed by atoms with Gasteiger partial charge in [0, 0.05) is 38.5 Å². The molecule has 0 saturated carbocycles. The molecule has 0 bridgehead atoms. The SMILES string of the molecule is CC(C(N)=O)[C@@H](CCOc1ccccc1)C(=O)N1CCC[C@@]2(C1)C(=O)N(C)C[C@H]2c1ccccc1. The summed E-state index contributed by atoms with van der Waals surface area (Å²) in [4.78, 5) is 42.9. The lowest BCUT2D eigenvalue weighted by atomic mass is 9.68. The Morgan fingerprint density at radius 1 is 1.11 bits per heavy atom. The third kappa shape index (κ3) is 5.04. The zero-order valence-electron chi connectivity index (χ0n) is 20.6. The summed E-state index contributed by atoms with van der Waals surface area (Å²) in [5.41, 5.74) is 6.10. The number of piperidine rings is 1. The fourth-order valence-corrected chi connectivity index (χ4v) is 5.74. The van der Waals surface area contributed by atoms with Crippen LogP contribution in [-0.2, 0) is 14.4 Å². The minimum atomic E-state index is -0.648. The van der Waals surface area contributed by atoms with Gasteiger partial charge in [0.2, 0.25) is 17.7 Å². The molecule has 1 spiro atoms. The molecule has 4 rings (SSSR count). The van der Waals surface area contributed by atoms with Crippen molar-refractivity contribution in [2.45, 2.75) is 32.1 Å². The highest BCUT2D eigenvalue weighted by atomic mass is 16.5. The molecule has 3 amide bonds. The second kappa shape index (κ2) is 10.5. The second-order valence-electron chi connectivity index (χ2n) is 9.92. The number of hydrogen-bond donors (Lipinski definition) is 1. The summed E-state index contributed by atoms with van der Waals surface area (Å²) in [6.45, 7) is 3.56. The monoisotopic (exact) mass is 477 g/mol. The molecule has 2 saturated heterocycles. The lowest BCUT2D eigenvalue weighted by Crippen LogP contribution is -2.53. The molecule has 0 aliphatic carbocycles.